The Morgan fingerprint density at radius 1 is 1.62 bits per heavy atom. The molecule has 1 atom stereocenters. The summed E-state index contributed by atoms with van der Waals surface area (Å²) in [5.41, 5.74) is 9.75. The van der Waals surface area contributed by atoms with Crippen molar-refractivity contribution >= 4 is 21.6 Å². The fourth-order valence-corrected chi connectivity index (χ4v) is 1.59. The summed E-state index contributed by atoms with van der Waals surface area (Å²) in [4.78, 5) is 12.0. The summed E-state index contributed by atoms with van der Waals surface area (Å²) in [5, 5.41) is 7.38. The fraction of sp³-hybridized carbons (Fsp3) is 0.333. The largest absolute Gasteiger partial charge is 0.392 e. The van der Waals surface area contributed by atoms with Crippen LogP contribution in [0.4, 0.5) is 0 Å². The summed E-state index contributed by atoms with van der Waals surface area (Å²) in [6.45, 7) is 0.292. The van der Waals surface area contributed by atoms with Crippen LogP contribution in [0.1, 0.15) is 12.1 Å². The molecule has 1 aliphatic rings. The first-order valence-electron chi connectivity index (χ1n) is 4.65. The maximum Gasteiger partial charge on any atom is 0.138 e. The lowest BCUT2D eigenvalue weighted by Gasteiger charge is -2.01. The van der Waals surface area contributed by atoms with E-state index < -0.39 is 0 Å². The Bertz CT molecular complexity index is 451. The first-order valence-corrected chi connectivity index (χ1v) is 5.44. The van der Waals surface area contributed by atoms with Crippen LogP contribution in [0.3, 0.4) is 0 Å². The van der Waals surface area contributed by atoms with E-state index in [4.69, 9.17) is 10.4 Å². The molecular formula is C9H8BrN5O. The van der Waals surface area contributed by atoms with E-state index in [0.29, 0.717) is 13.0 Å². The van der Waals surface area contributed by atoms with Crippen LogP contribution in [0.2, 0.25) is 0 Å². The predicted octanol–water partition coefficient (Wildman–Crippen LogP) is 2.65. The highest BCUT2D eigenvalue weighted by molar-refractivity contribution is 9.10. The molecule has 0 amide bonds. The molecule has 0 spiro atoms. The molecular weight excluding hydrogens is 274 g/mol. The number of hydrogen-bond acceptors (Lipinski definition) is 4. The van der Waals surface area contributed by atoms with Crippen molar-refractivity contribution in [3.63, 3.8) is 0 Å². The van der Waals surface area contributed by atoms with Gasteiger partial charge in [-0.3, -0.25) is 4.98 Å². The summed E-state index contributed by atoms with van der Waals surface area (Å²) >= 11 is 3.31. The van der Waals surface area contributed by atoms with Crippen LogP contribution in [0.15, 0.2) is 33.1 Å². The number of nitrogens with zero attached hydrogens (tertiary/aromatic N) is 5. The molecule has 6 nitrogen and oxygen atoms in total. The minimum atomic E-state index is -0.170. The molecule has 82 valence electrons. The minimum Gasteiger partial charge on any atom is -0.392 e. The summed E-state index contributed by atoms with van der Waals surface area (Å²) in [6.07, 6.45) is 2.16. The number of oxime groups is 1. The monoisotopic (exact) mass is 281 g/mol. The lowest BCUT2D eigenvalue weighted by molar-refractivity contribution is 0.0919. The molecule has 0 radical (unpaired) electrons. The van der Waals surface area contributed by atoms with Crippen molar-refractivity contribution in [2.45, 2.75) is 12.5 Å². The second kappa shape index (κ2) is 4.96. The quantitative estimate of drug-likeness (QED) is 0.485. The van der Waals surface area contributed by atoms with E-state index in [2.05, 4.69) is 36.1 Å². The molecule has 0 unspecified atom stereocenters. The topological polar surface area (TPSA) is 83.2 Å². The Morgan fingerprint density at radius 2 is 2.50 bits per heavy atom. The van der Waals surface area contributed by atoms with E-state index in [0.717, 1.165) is 15.9 Å². The second-order valence-corrected chi connectivity index (χ2v) is 4.16. The molecule has 1 aliphatic heterocycles. The van der Waals surface area contributed by atoms with E-state index in [1.807, 2.05) is 12.1 Å². The van der Waals surface area contributed by atoms with Gasteiger partial charge in [-0.25, -0.2) is 0 Å². The number of aromatic nitrogens is 1. The highest BCUT2D eigenvalue weighted by Crippen LogP contribution is 2.17. The Kier molecular flexibility index (Phi) is 3.38. The van der Waals surface area contributed by atoms with Gasteiger partial charge in [-0.05, 0) is 33.6 Å². The zero-order valence-corrected chi connectivity index (χ0v) is 9.83. The Balaban J connectivity index is 2.02. The molecule has 0 aromatic carbocycles. The van der Waals surface area contributed by atoms with E-state index in [-0.39, 0.29) is 6.10 Å². The van der Waals surface area contributed by atoms with Crippen molar-refractivity contribution in [3.8, 4) is 0 Å². The van der Waals surface area contributed by atoms with Crippen LogP contribution in [0, 0.1) is 0 Å². The van der Waals surface area contributed by atoms with Crippen LogP contribution < -0.4 is 0 Å². The molecule has 0 bridgehead atoms. The third kappa shape index (κ3) is 2.50. The Hall–Kier alpha value is -1.59. The van der Waals surface area contributed by atoms with Crippen LogP contribution in [0.5, 0.6) is 0 Å². The van der Waals surface area contributed by atoms with Gasteiger partial charge in [0.15, 0.2) is 0 Å². The molecule has 1 aromatic rings. The van der Waals surface area contributed by atoms with E-state index >= 15 is 0 Å². The number of azide groups is 1. The van der Waals surface area contributed by atoms with Gasteiger partial charge in [-0.2, -0.15) is 0 Å². The van der Waals surface area contributed by atoms with Gasteiger partial charge < -0.3 is 4.84 Å². The third-order valence-corrected chi connectivity index (χ3v) is 2.57. The molecule has 0 fully saturated rings. The Labute approximate surface area is 100 Å². The van der Waals surface area contributed by atoms with Gasteiger partial charge in [0.1, 0.15) is 11.8 Å². The number of rotatable bonds is 3. The third-order valence-electron chi connectivity index (χ3n) is 2.10. The van der Waals surface area contributed by atoms with Gasteiger partial charge in [-0.1, -0.05) is 10.3 Å². The lowest BCUT2D eigenvalue weighted by Crippen LogP contribution is -2.12. The predicted molar refractivity (Wildman–Crippen MR) is 62.0 cm³/mol. The van der Waals surface area contributed by atoms with Crippen molar-refractivity contribution in [1.82, 2.24) is 4.98 Å². The van der Waals surface area contributed by atoms with Crippen molar-refractivity contribution < 1.29 is 4.84 Å². The van der Waals surface area contributed by atoms with Crippen molar-refractivity contribution in [2.75, 3.05) is 6.54 Å². The highest BCUT2D eigenvalue weighted by Gasteiger charge is 2.22. The van der Waals surface area contributed by atoms with Gasteiger partial charge in [-0.15, -0.1) is 0 Å². The smallest absolute Gasteiger partial charge is 0.138 e. The minimum absolute atomic E-state index is 0.170. The second-order valence-electron chi connectivity index (χ2n) is 3.24. The maximum absolute atomic E-state index is 8.19. The fourth-order valence-electron chi connectivity index (χ4n) is 1.35. The van der Waals surface area contributed by atoms with Crippen LogP contribution >= 0.6 is 15.9 Å². The van der Waals surface area contributed by atoms with Gasteiger partial charge in [0.05, 0.1) is 12.2 Å². The van der Waals surface area contributed by atoms with Gasteiger partial charge >= 0.3 is 0 Å². The zero-order chi connectivity index (χ0) is 11.4. The molecule has 2 heterocycles. The van der Waals surface area contributed by atoms with Gasteiger partial charge in [0.2, 0.25) is 0 Å². The molecule has 0 aliphatic carbocycles. The summed E-state index contributed by atoms with van der Waals surface area (Å²) in [7, 11) is 0. The first-order chi connectivity index (χ1) is 7.79. The average molecular weight is 282 g/mol. The van der Waals surface area contributed by atoms with Gasteiger partial charge in [0, 0.05) is 22.0 Å². The van der Waals surface area contributed by atoms with Crippen molar-refractivity contribution in [3.05, 3.63) is 38.9 Å². The van der Waals surface area contributed by atoms with Crippen LogP contribution in [0.25, 0.3) is 10.4 Å². The van der Waals surface area contributed by atoms with Crippen LogP contribution in [-0.2, 0) is 4.84 Å². The Morgan fingerprint density at radius 3 is 3.19 bits per heavy atom. The number of pyridine rings is 1. The SMILES string of the molecule is [N-]=[N+]=NC[C@@H]1CC(c2ccc(Br)cn2)=NO1. The molecule has 1 aromatic heterocycles. The molecule has 0 saturated heterocycles. The summed E-state index contributed by atoms with van der Waals surface area (Å²) in [5.74, 6) is 0. The average Bonchev–Trinajstić information content (AvgIpc) is 2.76. The molecule has 0 N–H and O–H groups in total. The van der Waals surface area contributed by atoms with Crippen molar-refractivity contribution in [2.24, 2.45) is 10.3 Å². The van der Waals surface area contributed by atoms with Gasteiger partial charge in [0.25, 0.3) is 0 Å². The lowest BCUT2D eigenvalue weighted by atomic mass is 10.1. The summed E-state index contributed by atoms with van der Waals surface area (Å²) < 4.78 is 0.918. The molecule has 2 rings (SSSR count). The number of hydrogen-bond donors (Lipinski definition) is 0. The standard InChI is InChI=1S/C9H8BrN5O/c10-6-1-2-8(12-4-6)9-3-7(16-14-9)5-13-15-11/h1-2,4,7H,3,5H2/t7-/m0/s1. The molecule has 7 heteroatoms. The highest BCUT2D eigenvalue weighted by atomic mass is 79.9. The first kappa shape index (κ1) is 10.9. The van der Waals surface area contributed by atoms with Crippen molar-refractivity contribution in [1.29, 1.82) is 0 Å². The van der Waals surface area contributed by atoms with E-state index in [1.165, 1.54) is 0 Å². The molecule has 0 saturated carbocycles. The maximum atomic E-state index is 8.19. The van der Waals surface area contributed by atoms with E-state index in [9.17, 15) is 0 Å². The van der Waals surface area contributed by atoms with E-state index in [1.54, 1.807) is 6.20 Å². The normalized spacial score (nSPS) is 18.6. The van der Waals surface area contributed by atoms with Crippen LogP contribution in [-0.4, -0.2) is 23.3 Å². The zero-order valence-electron chi connectivity index (χ0n) is 8.25. The number of halogens is 1. The molecule has 16 heavy (non-hydrogen) atoms. The summed E-state index contributed by atoms with van der Waals surface area (Å²) in [6, 6.07) is 3.76.